The highest BCUT2D eigenvalue weighted by atomic mass is 32.2. The molecule has 2 aromatic heterocycles. The number of hydrogen-bond donors (Lipinski definition) is 1. The van der Waals surface area contributed by atoms with Crippen LogP contribution < -0.4 is 5.14 Å². The monoisotopic (exact) mass is 425 g/mol. The number of nitrogens with zero attached hydrogens (tertiary/aromatic N) is 2. The number of alkyl halides is 3. The van der Waals surface area contributed by atoms with Crippen LogP contribution in [0.5, 0.6) is 0 Å². The van der Waals surface area contributed by atoms with Crippen LogP contribution >= 0.6 is 11.3 Å². The third-order valence-electron chi connectivity index (χ3n) is 4.29. The van der Waals surface area contributed by atoms with Crippen LogP contribution in [0, 0.1) is 13.8 Å². The number of aromatic nitrogens is 2. The summed E-state index contributed by atoms with van der Waals surface area (Å²) in [5.74, 6) is 0. The number of halogens is 3. The Bertz CT molecular complexity index is 1140. The van der Waals surface area contributed by atoms with Crippen molar-refractivity contribution in [1.82, 2.24) is 9.97 Å². The van der Waals surface area contributed by atoms with Crippen molar-refractivity contribution in [3.05, 3.63) is 64.3 Å². The molecular weight excluding hydrogens is 407 g/mol. The number of benzene rings is 1. The Hall–Kier alpha value is -2.23. The Morgan fingerprint density at radius 3 is 2.39 bits per heavy atom. The lowest BCUT2D eigenvalue weighted by Crippen LogP contribution is -2.22. The predicted molar refractivity (Wildman–Crippen MR) is 107 cm³/mol. The second-order valence-electron chi connectivity index (χ2n) is 6.37. The van der Waals surface area contributed by atoms with Gasteiger partial charge in [-0.05, 0) is 26.8 Å². The molecule has 0 bridgehead atoms. The van der Waals surface area contributed by atoms with Crippen LogP contribution in [0.25, 0.3) is 11.3 Å². The van der Waals surface area contributed by atoms with Crippen LogP contribution in [0.4, 0.5) is 13.2 Å². The van der Waals surface area contributed by atoms with Crippen molar-refractivity contribution in [2.75, 3.05) is 0 Å². The van der Waals surface area contributed by atoms with Gasteiger partial charge >= 0.3 is 6.18 Å². The fourth-order valence-corrected chi connectivity index (χ4v) is 5.43. The number of thiazole rings is 1. The smallest absolute Gasteiger partial charge is 0.263 e. The summed E-state index contributed by atoms with van der Waals surface area (Å²) in [6.45, 7) is 5.26. The maximum atomic E-state index is 13.3. The highest BCUT2D eigenvalue weighted by Crippen LogP contribution is 2.32. The standard InChI is InChI=1S/C19H18F3N3OS2/c1-11-4-6-14(7-5-11)17-12(2)27-18(25-17)28(23,26)13(3)15-8-16(10-24-9-15)19(20,21)22/h4-10H,1-3H3,(H2,23,26). The molecular formula is C19H18F3N3OS2. The molecule has 3 aromatic rings. The number of nitrogens with two attached hydrogens (primary N) is 1. The van der Waals surface area contributed by atoms with E-state index in [-0.39, 0.29) is 14.8 Å². The molecule has 2 heterocycles. The molecule has 0 radical (unpaired) electrons. The Balaban J connectivity index is 2.11. The van der Waals surface area contributed by atoms with E-state index in [1.165, 1.54) is 24.5 Å². The van der Waals surface area contributed by atoms with E-state index in [1.54, 1.807) is 0 Å². The molecule has 4 nitrogen and oxygen atoms in total. The van der Waals surface area contributed by atoms with Crippen molar-refractivity contribution in [3.8, 4) is 11.3 Å². The molecule has 148 valence electrons. The lowest BCUT2D eigenvalue weighted by molar-refractivity contribution is -0.137. The molecule has 0 spiro atoms. The van der Waals surface area contributed by atoms with Gasteiger partial charge in [-0.15, -0.1) is 11.3 Å². The van der Waals surface area contributed by atoms with E-state index in [0.717, 1.165) is 28.3 Å². The lowest BCUT2D eigenvalue weighted by atomic mass is 10.1. The average Bonchev–Trinajstić information content (AvgIpc) is 3.03. The first kappa shape index (κ1) is 20.5. The van der Waals surface area contributed by atoms with E-state index >= 15 is 0 Å². The van der Waals surface area contributed by atoms with Gasteiger partial charge in [0, 0.05) is 33.3 Å². The number of pyridine rings is 1. The summed E-state index contributed by atoms with van der Waals surface area (Å²) in [4.78, 5) is 9.01. The minimum absolute atomic E-state index is 0.0760. The molecule has 3 rings (SSSR count). The second-order valence-corrected chi connectivity index (χ2v) is 10.0. The third kappa shape index (κ3) is 3.96. The average molecular weight is 426 g/mol. The predicted octanol–water partition coefficient (Wildman–Crippen LogP) is 4.60. The van der Waals surface area contributed by atoms with Gasteiger partial charge in [0.25, 0.3) is 0 Å². The molecule has 0 aliphatic rings. The van der Waals surface area contributed by atoms with Gasteiger partial charge in [-0.1, -0.05) is 29.8 Å². The van der Waals surface area contributed by atoms with Gasteiger partial charge in [-0.3, -0.25) is 10.1 Å². The van der Waals surface area contributed by atoms with Crippen LogP contribution in [-0.2, 0) is 15.9 Å². The van der Waals surface area contributed by atoms with Crippen LogP contribution in [-0.4, -0.2) is 19.0 Å². The fourth-order valence-electron chi connectivity index (χ4n) is 2.57. The maximum absolute atomic E-state index is 13.3. The summed E-state index contributed by atoms with van der Waals surface area (Å²) in [6, 6.07) is 8.61. The van der Waals surface area contributed by atoms with Gasteiger partial charge in [0.05, 0.1) is 21.0 Å². The van der Waals surface area contributed by atoms with Crippen LogP contribution in [0.3, 0.4) is 0 Å². The normalized spacial score (nSPS) is 14.0. The number of rotatable bonds is 3. The summed E-state index contributed by atoms with van der Waals surface area (Å²) >= 11 is 1.18. The summed E-state index contributed by atoms with van der Waals surface area (Å²) in [7, 11) is -3.31. The van der Waals surface area contributed by atoms with E-state index in [2.05, 4.69) is 9.97 Å². The molecule has 1 unspecified atom stereocenters. The van der Waals surface area contributed by atoms with Gasteiger partial charge in [0.2, 0.25) is 0 Å². The van der Waals surface area contributed by atoms with Crippen LogP contribution in [0.1, 0.15) is 28.5 Å². The first-order valence-corrected chi connectivity index (χ1v) is 10.7. The second kappa shape index (κ2) is 7.31. The Kier molecular flexibility index (Phi) is 5.35. The molecule has 0 aliphatic carbocycles. The number of hydrogen-bond acceptors (Lipinski definition) is 4. The third-order valence-corrected chi connectivity index (χ3v) is 7.80. The van der Waals surface area contributed by atoms with E-state index in [1.807, 2.05) is 38.1 Å². The molecule has 28 heavy (non-hydrogen) atoms. The van der Waals surface area contributed by atoms with Gasteiger partial charge in [-0.2, -0.15) is 13.2 Å². The minimum Gasteiger partial charge on any atom is -0.263 e. The van der Waals surface area contributed by atoms with E-state index in [9.17, 15) is 17.4 Å². The molecule has 0 amide bonds. The maximum Gasteiger partial charge on any atom is 0.417 e. The molecule has 0 aliphatic heterocycles. The van der Waals surface area contributed by atoms with Crippen molar-refractivity contribution in [2.24, 2.45) is 5.14 Å². The molecule has 1 atom stereocenters. The first-order valence-electron chi connectivity index (χ1n) is 8.23. The van der Waals surface area contributed by atoms with Gasteiger partial charge in [0.15, 0.2) is 4.34 Å². The summed E-state index contributed by atoms with van der Waals surface area (Å²) in [5, 5.41) is 6.09. The Labute approximate surface area is 165 Å². The zero-order chi connectivity index (χ0) is 20.7. The van der Waals surface area contributed by atoms with Gasteiger partial charge < -0.3 is 0 Å². The first-order chi connectivity index (χ1) is 13.0. The Morgan fingerprint density at radius 1 is 1.14 bits per heavy atom. The topological polar surface area (TPSA) is 68.9 Å². The highest BCUT2D eigenvalue weighted by molar-refractivity contribution is 8.02. The van der Waals surface area contributed by atoms with Crippen LogP contribution in [0.15, 0.2) is 47.1 Å². The summed E-state index contributed by atoms with van der Waals surface area (Å²) in [5.41, 5.74) is 1.77. The zero-order valence-corrected chi connectivity index (χ0v) is 17.0. The van der Waals surface area contributed by atoms with E-state index < -0.39 is 21.4 Å². The summed E-state index contributed by atoms with van der Waals surface area (Å²) in [6.07, 6.45) is -2.61. The molecule has 9 heteroatoms. The highest BCUT2D eigenvalue weighted by Gasteiger charge is 2.31. The SMILES string of the molecule is CC(c1cncc(C(F)(F)F)c1)=S(N)(=O)c1nc(-c2ccc(C)cc2)c(C)s1. The summed E-state index contributed by atoms with van der Waals surface area (Å²) < 4.78 is 52.3. The van der Waals surface area contributed by atoms with Crippen molar-refractivity contribution < 1.29 is 17.4 Å². The lowest BCUT2D eigenvalue weighted by Gasteiger charge is -2.11. The van der Waals surface area contributed by atoms with Crippen molar-refractivity contribution in [2.45, 2.75) is 31.3 Å². The molecule has 0 saturated heterocycles. The molecule has 2 N–H and O–H groups in total. The van der Waals surface area contributed by atoms with Crippen LogP contribution in [0.2, 0.25) is 0 Å². The van der Waals surface area contributed by atoms with Gasteiger partial charge in [0.1, 0.15) is 0 Å². The van der Waals surface area contributed by atoms with E-state index in [4.69, 9.17) is 5.14 Å². The molecule has 0 fully saturated rings. The molecule has 0 saturated carbocycles. The zero-order valence-electron chi connectivity index (χ0n) is 15.4. The quantitative estimate of drug-likeness (QED) is 0.493. The van der Waals surface area contributed by atoms with Gasteiger partial charge in [-0.25, -0.2) is 9.19 Å². The Morgan fingerprint density at radius 2 is 1.79 bits per heavy atom. The van der Waals surface area contributed by atoms with Crippen molar-refractivity contribution >= 4 is 25.9 Å². The van der Waals surface area contributed by atoms with Crippen molar-refractivity contribution in [3.63, 3.8) is 0 Å². The number of aryl methyl sites for hydroxylation is 2. The minimum atomic E-state index is -4.55. The fraction of sp³-hybridized carbons (Fsp3) is 0.211. The van der Waals surface area contributed by atoms with E-state index in [0.29, 0.717) is 5.69 Å². The largest absolute Gasteiger partial charge is 0.417 e. The molecule has 1 aromatic carbocycles. The van der Waals surface area contributed by atoms with Crippen molar-refractivity contribution in [1.29, 1.82) is 0 Å².